The van der Waals surface area contributed by atoms with Crippen molar-refractivity contribution in [3.05, 3.63) is 34.3 Å². The van der Waals surface area contributed by atoms with Gasteiger partial charge in [-0.25, -0.2) is 0 Å². The minimum absolute atomic E-state index is 0.0324. The highest BCUT2D eigenvalue weighted by atomic mass is 79.9. The number of halogens is 1. The molecule has 0 aliphatic rings. The van der Waals surface area contributed by atoms with Gasteiger partial charge < -0.3 is 10.4 Å². The highest BCUT2D eigenvalue weighted by molar-refractivity contribution is 9.10. The van der Waals surface area contributed by atoms with E-state index in [4.69, 9.17) is 5.11 Å². The van der Waals surface area contributed by atoms with E-state index >= 15 is 0 Å². The number of carbonyl (C=O) groups is 2. The molecule has 0 radical (unpaired) electrons. The summed E-state index contributed by atoms with van der Waals surface area (Å²) in [6, 6.07) is 7.64. The van der Waals surface area contributed by atoms with E-state index in [9.17, 15) is 9.59 Å². The van der Waals surface area contributed by atoms with Crippen LogP contribution in [0.1, 0.15) is 45.2 Å². The standard InChI is InChI=1S/C15H20BrNO3/c1-4-12(10-5-7-11(16)8-6-10)17-13(18)9-15(2,3)14(19)20/h5-8,12H,4,9H2,1-3H3,(H,17,18)(H,19,20). The molecule has 0 saturated carbocycles. The molecule has 0 aliphatic heterocycles. The number of hydrogen-bond acceptors (Lipinski definition) is 2. The number of benzene rings is 1. The predicted octanol–water partition coefficient (Wildman–Crippen LogP) is 3.52. The van der Waals surface area contributed by atoms with Crippen LogP contribution in [0.3, 0.4) is 0 Å². The van der Waals surface area contributed by atoms with E-state index in [1.165, 1.54) is 0 Å². The third kappa shape index (κ3) is 4.63. The van der Waals surface area contributed by atoms with Gasteiger partial charge in [-0.05, 0) is 38.0 Å². The summed E-state index contributed by atoms with van der Waals surface area (Å²) in [5.74, 6) is -1.21. The molecule has 0 fully saturated rings. The van der Waals surface area contributed by atoms with Crippen LogP contribution in [0.15, 0.2) is 28.7 Å². The van der Waals surface area contributed by atoms with Gasteiger partial charge in [0.2, 0.25) is 5.91 Å². The zero-order valence-electron chi connectivity index (χ0n) is 11.9. The molecule has 1 aromatic rings. The van der Waals surface area contributed by atoms with Gasteiger partial charge >= 0.3 is 5.97 Å². The summed E-state index contributed by atoms with van der Waals surface area (Å²) >= 11 is 3.37. The number of hydrogen-bond donors (Lipinski definition) is 2. The van der Waals surface area contributed by atoms with E-state index in [0.29, 0.717) is 0 Å². The number of carboxylic acids is 1. The first-order valence-electron chi connectivity index (χ1n) is 6.54. The highest BCUT2D eigenvalue weighted by Gasteiger charge is 2.30. The van der Waals surface area contributed by atoms with Crippen molar-refractivity contribution in [1.29, 1.82) is 0 Å². The molecule has 0 saturated heterocycles. The average molecular weight is 342 g/mol. The fourth-order valence-electron chi connectivity index (χ4n) is 1.84. The second-order valence-corrected chi connectivity index (χ2v) is 6.36. The first kappa shape index (κ1) is 16.7. The molecule has 0 aromatic heterocycles. The Labute approximate surface area is 127 Å². The van der Waals surface area contributed by atoms with Crippen LogP contribution in [0, 0.1) is 5.41 Å². The van der Waals surface area contributed by atoms with Crippen molar-refractivity contribution in [3.63, 3.8) is 0 Å². The quantitative estimate of drug-likeness (QED) is 0.831. The monoisotopic (exact) mass is 341 g/mol. The van der Waals surface area contributed by atoms with E-state index in [-0.39, 0.29) is 18.4 Å². The molecule has 110 valence electrons. The van der Waals surface area contributed by atoms with Gasteiger partial charge in [-0.3, -0.25) is 9.59 Å². The van der Waals surface area contributed by atoms with Crippen LogP contribution >= 0.6 is 15.9 Å². The molecule has 5 heteroatoms. The van der Waals surface area contributed by atoms with Crippen LogP contribution in [0.5, 0.6) is 0 Å². The summed E-state index contributed by atoms with van der Waals surface area (Å²) in [5, 5.41) is 11.9. The Morgan fingerprint density at radius 2 is 1.85 bits per heavy atom. The van der Waals surface area contributed by atoms with E-state index < -0.39 is 11.4 Å². The summed E-state index contributed by atoms with van der Waals surface area (Å²) in [6.07, 6.45) is 0.718. The van der Waals surface area contributed by atoms with Gasteiger partial charge in [-0.2, -0.15) is 0 Å². The van der Waals surface area contributed by atoms with Gasteiger partial charge in [-0.1, -0.05) is 35.0 Å². The zero-order chi connectivity index (χ0) is 15.3. The first-order valence-corrected chi connectivity index (χ1v) is 7.34. The van der Waals surface area contributed by atoms with Gasteiger partial charge in [0, 0.05) is 10.9 Å². The van der Waals surface area contributed by atoms with Crippen molar-refractivity contribution in [2.24, 2.45) is 5.41 Å². The second-order valence-electron chi connectivity index (χ2n) is 5.45. The summed E-state index contributed by atoms with van der Waals surface area (Å²) in [5.41, 5.74) is -0.0422. The number of rotatable bonds is 6. The SMILES string of the molecule is CCC(NC(=O)CC(C)(C)C(=O)O)c1ccc(Br)cc1. The van der Waals surface area contributed by atoms with E-state index in [1.54, 1.807) is 13.8 Å². The van der Waals surface area contributed by atoms with E-state index in [0.717, 1.165) is 16.5 Å². The zero-order valence-corrected chi connectivity index (χ0v) is 13.5. The maximum atomic E-state index is 12.0. The van der Waals surface area contributed by atoms with Crippen molar-refractivity contribution in [3.8, 4) is 0 Å². The first-order chi connectivity index (χ1) is 9.26. The number of aliphatic carboxylic acids is 1. The fourth-order valence-corrected chi connectivity index (χ4v) is 2.10. The number of nitrogens with one attached hydrogen (secondary N) is 1. The summed E-state index contributed by atoms with van der Waals surface area (Å²) in [7, 11) is 0. The second kappa shape index (κ2) is 6.88. The molecular weight excluding hydrogens is 322 g/mol. The van der Waals surface area contributed by atoms with Crippen molar-refractivity contribution < 1.29 is 14.7 Å². The molecule has 0 aliphatic carbocycles. The van der Waals surface area contributed by atoms with Crippen LogP contribution in [0.4, 0.5) is 0 Å². The Bertz CT molecular complexity index is 482. The van der Waals surface area contributed by atoms with Crippen molar-refractivity contribution in [2.45, 2.75) is 39.7 Å². The number of carbonyl (C=O) groups excluding carboxylic acids is 1. The van der Waals surface area contributed by atoms with Gasteiger partial charge in [0.15, 0.2) is 0 Å². The van der Waals surface area contributed by atoms with E-state index in [2.05, 4.69) is 21.2 Å². The fraction of sp³-hybridized carbons (Fsp3) is 0.467. The Balaban J connectivity index is 2.72. The smallest absolute Gasteiger partial charge is 0.309 e. The molecule has 1 unspecified atom stereocenters. The minimum Gasteiger partial charge on any atom is -0.481 e. The molecule has 2 N–H and O–H groups in total. The lowest BCUT2D eigenvalue weighted by Gasteiger charge is -2.22. The number of amides is 1. The van der Waals surface area contributed by atoms with Crippen LogP contribution in [-0.4, -0.2) is 17.0 Å². The third-order valence-electron chi connectivity index (χ3n) is 3.20. The Morgan fingerprint density at radius 1 is 1.30 bits per heavy atom. The summed E-state index contributed by atoms with van der Waals surface area (Å²) < 4.78 is 0.981. The van der Waals surface area contributed by atoms with E-state index in [1.807, 2.05) is 31.2 Å². The topological polar surface area (TPSA) is 66.4 Å². The molecule has 0 heterocycles. The summed E-state index contributed by atoms with van der Waals surface area (Å²) in [4.78, 5) is 23.0. The largest absolute Gasteiger partial charge is 0.481 e. The predicted molar refractivity (Wildman–Crippen MR) is 81.4 cm³/mol. The van der Waals surface area contributed by atoms with Gasteiger partial charge in [0.25, 0.3) is 0 Å². The lowest BCUT2D eigenvalue weighted by Crippen LogP contribution is -2.35. The van der Waals surface area contributed by atoms with Crippen LogP contribution < -0.4 is 5.32 Å². The van der Waals surface area contributed by atoms with Gasteiger partial charge in [0.1, 0.15) is 0 Å². The van der Waals surface area contributed by atoms with Crippen molar-refractivity contribution >= 4 is 27.8 Å². The lowest BCUT2D eigenvalue weighted by atomic mass is 9.89. The Hall–Kier alpha value is -1.36. The van der Waals surface area contributed by atoms with Gasteiger partial charge in [-0.15, -0.1) is 0 Å². The molecule has 0 spiro atoms. The molecule has 4 nitrogen and oxygen atoms in total. The molecule has 0 bridgehead atoms. The maximum absolute atomic E-state index is 12.0. The molecule has 1 aromatic carbocycles. The molecule has 1 rings (SSSR count). The third-order valence-corrected chi connectivity index (χ3v) is 3.73. The molecule has 1 amide bonds. The van der Waals surface area contributed by atoms with Crippen LogP contribution in [0.25, 0.3) is 0 Å². The van der Waals surface area contributed by atoms with Crippen LogP contribution in [-0.2, 0) is 9.59 Å². The number of carboxylic acid groups (broad SMARTS) is 1. The molecule has 20 heavy (non-hydrogen) atoms. The normalized spacial score (nSPS) is 12.8. The van der Waals surface area contributed by atoms with Gasteiger partial charge in [0.05, 0.1) is 11.5 Å². The Kier molecular flexibility index (Phi) is 5.74. The molecule has 1 atom stereocenters. The highest BCUT2D eigenvalue weighted by Crippen LogP contribution is 2.23. The minimum atomic E-state index is -1.05. The lowest BCUT2D eigenvalue weighted by molar-refractivity contribution is -0.149. The summed E-state index contributed by atoms with van der Waals surface area (Å²) in [6.45, 7) is 5.08. The van der Waals surface area contributed by atoms with Crippen LogP contribution in [0.2, 0.25) is 0 Å². The Morgan fingerprint density at radius 3 is 2.30 bits per heavy atom. The maximum Gasteiger partial charge on any atom is 0.309 e. The van der Waals surface area contributed by atoms with Crippen molar-refractivity contribution in [2.75, 3.05) is 0 Å². The average Bonchev–Trinajstić information content (AvgIpc) is 2.36. The molecular formula is C15H20BrNO3. The van der Waals surface area contributed by atoms with Crippen molar-refractivity contribution in [1.82, 2.24) is 5.32 Å².